The van der Waals surface area contributed by atoms with Gasteiger partial charge in [0.25, 0.3) is 0 Å². The van der Waals surface area contributed by atoms with E-state index in [9.17, 15) is 17.8 Å². The fourth-order valence-corrected chi connectivity index (χ4v) is 4.31. The molecular formula is C22H24F2N2O4S. The molecule has 2 heterocycles. The molecule has 0 N–H and O–H groups in total. The van der Waals surface area contributed by atoms with Crippen LogP contribution in [0.2, 0.25) is 0 Å². The van der Waals surface area contributed by atoms with Gasteiger partial charge in [0.1, 0.15) is 24.3 Å². The van der Waals surface area contributed by atoms with Crippen LogP contribution in [-0.4, -0.2) is 48.9 Å². The molecule has 31 heavy (non-hydrogen) atoms. The quantitative estimate of drug-likeness (QED) is 0.658. The molecule has 0 saturated carbocycles. The molecule has 9 heteroatoms. The highest BCUT2D eigenvalue weighted by Gasteiger charge is 2.33. The van der Waals surface area contributed by atoms with Gasteiger partial charge in [-0.3, -0.25) is 9.08 Å². The Kier molecular flexibility index (Phi) is 6.52. The lowest BCUT2D eigenvalue weighted by Gasteiger charge is -2.29. The van der Waals surface area contributed by atoms with Crippen LogP contribution in [0.5, 0.6) is 0 Å². The predicted molar refractivity (Wildman–Crippen MR) is 115 cm³/mol. The summed E-state index contributed by atoms with van der Waals surface area (Å²) >= 11 is -1.47. The summed E-state index contributed by atoms with van der Waals surface area (Å²) in [5.74, 6) is -0.938. The summed E-state index contributed by atoms with van der Waals surface area (Å²) in [4.78, 5) is 15.4. The second-order valence-electron chi connectivity index (χ2n) is 7.68. The zero-order valence-corrected chi connectivity index (χ0v) is 18.0. The summed E-state index contributed by atoms with van der Waals surface area (Å²) in [6.45, 7) is 1.81. The number of piperidine rings is 1. The van der Waals surface area contributed by atoms with Crippen molar-refractivity contribution in [2.45, 2.75) is 25.4 Å². The lowest BCUT2D eigenvalue weighted by molar-refractivity contribution is 0.110. The minimum Gasteiger partial charge on any atom is -0.441 e. The topological polar surface area (TPSA) is 59.1 Å². The van der Waals surface area contributed by atoms with Crippen LogP contribution >= 0.6 is 0 Å². The lowest BCUT2D eigenvalue weighted by atomic mass is 10.0. The fourth-order valence-electron chi connectivity index (χ4n) is 3.96. The number of hydrogen-bond donors (Lipinski definition) is 0. The van der Waals surface area contributed by atoms with E-state index in [4.69, 9.17) is 8.92 Å². The van der Waals surface area contributed by atoms with Crippen molar-refractivity contribution >= 4 is 28.5 Å². The number of hydrogen-bond acceptors (Lipinski definition) is 5. The highest BCUT2D eigenvalue weighted by Crippen LogP contribution is 2.32. The van der Waals surface area contributed by atoms with Crippen molar-refractivity contribution in [3.8, 4) is 11.1 Å². The van der Waals surface area contributed by atoms with Gasteiger partial charge in [0.05, 0.1) is 17.9 Å². The Morgan fingerprint density at radius 1 is 1.10 bits per heavy atom. The first-order chi connectivity index (χ1) is 14.9. The third-order valence-electron chi connectivity index (χ3n) is 5.51. The molecule has 6 nitrogen and oxygen atoms in total. The van der Waals surface area contributed by atoms with Crippen molar-refractivity contribution < 1.29 is 26.7 Å². The van der Waals surface area contributed by atoms with Gasteiger partial charge < -0.3 is 9.64 Å². The van der Waals surface area contributed by atoms with Gasteiger partial charge in [-0.05, 0) is 55.2 Å². The third-order valence-corrected chi connectivity index (χ3v) is 5.98. The van der Waals surface area contributed by atoms with Gasteiger partial charge in [-0.2, -0.15) is 0 Å². The molecule has 2 aromatic carbocycles. The molecule has 0 aromatic heterocycles. The molecule has 2 aromatic rings. The van der Waals surface area contributed by atoms with E-state index < -0.39 is 29.1 Å². The summed E-state index contributed by atoms with van der Waals surface area (Å²) < 4.78 is 50.8. The van der Waals surface area contributed by atoms with E-state index >= 15 is 0 Å². The van der Waals surface area contributed by atoms with Crippen molar-refractivity contribution in [3.05, 3.63) is 48.0 Å². The Hall–Kier alpha value is -2.52. The normalized spacial score (nSPS) is 20.1. The van der Waals surface area contributed by atoms with Gasteiger partial charge in [0.15, 0.2) is 11.1 Å². The molecule has 2 aliphatic rings. The summed E-state index contributed by atoms with van der Waals surface area (Å²) in [5.41, 5.74) is 1.56. The lowest BCUT2D eigenvalue weighted by Crippen LogP contribution is -2.30. The van der Waals surface area contributed by atoms with Crippen LogP contribution in [0.4, 0.5) is 25.0 Å². The Labute approximate surface area is 182 Å². The number of rotatable bonds is 6. The number of anilines is 2. The summed E-state index contributed by atoms with van der Waals surface area (Å²) in [6, 6.07) is 9.12. The van der Waals surface area contributed by atoms with E-state index in [0.717, 1.165) is 32.4 Å². The smallest absolute Gasteiger partial charge is 0.414 e. The fraction of sp³-hybridized carbons (Fsp3) is 0.409. The van der Waals surface area contributed by atoms with Gasteiger partial charge in [-0.25, -0.2) is 17.8 Å². The molecular weight excluding hydrogens is 426 g/mol. The number of halogens is 2. The number of carbonyl (C=O) groups excluding carboxylic acids is 1. The Morgan fingerprint density at radius 3 is 2.55 bits per heavy atom. The van der Waals surface area contributed by atoms with E-state index in [-0.39, 0.29) is 24.5 Å². The molecule has 2 atom stereocenters. The molecule has 166 valence electrons. The highest BCUT2D eigenvalue weighted by molar-refractivity contribution is 7.79. The van der Waals surface area contributed by atoms with Crippen molar-refractivity contribution in [2.75, 3.05) is 42.3 Å². The Morgan fingerprint density at radius 2 is 1.87 bits per heavy atom. The first-order valence-electron chi connectivity index (χ1n) is 10.2. The minimum absolute atomic E-state index is 0.00540. The molecule has 2 fully saturated rings. The molecule has 1 amide bonds. The van der Waals surface area contributed by atoms with Gasteiger partial charge in [-0.1, -0.05) is 6.07 Å². The van der Waals surface area contributed by atoms with Crippen LogP contribution in [0, 0.1) is 11.6 Å². The summed E-state index contributed by atoms with van der Waals surface area (Å²) in [5, 5.41) is 0. The molecule has 0 radical (unpaired) electrons. The number of cyclic esters (lactones) is 1. The van der Waals surface area contributed by atoms with Gasteiger partial charge in [0.2, 0.25) is 0 Å². The van der Waals surface area contributed by atoms with Crippen molar-refractivity contribution in [3.63, 3.8) is 0 Å². The average Bonchev–Trinajstić information content (AvgIpc) is 3.13. The highest BCUT2D eigenvalue weighted by atomic mass is 32.2. The molecule has 0 bridgehead atoms. The largest absolute Gasteiger partial charge is 0.441 e. The number of nitrogens with zero attached hydrogens (tertiary/aromatic N) is 2. The van der Waals surface area contributed by atoms with Crippen molar-refractivity contribution in [1.29, 1.82) is 0 Å². The molecule has 0 aliphatic carbocycles. The maximum absolute atomic E-state index is 14.9. The van der Waals surface area contributed by atoms with Crippen LogP contribution < -0.4 is 9.80 Å². The van der Waals surface area contributed by atoms with Crippen molar-refractivity contribution in [2.24, 2.45) is 0 Å². The average molecular weight is 451 g/mol. The van der Waals surface area contributed by atoms with Gasteiger partial charge >= 0.3 is 6.09 Å². The molecule has 0 spiro atoms. The van der Waals surface area contributed by atoms with Crippen molar-refractivity contribution in [1.82, 2.24) is 0 Å². The summed E-state index contributed by atoms with van der Waals surface area (Å²) in [6.07, 6.45) is 3.41. The monoisotopic (exact) mass is 450 g/mol. The molecule has 2 saturated heterocycles. The number of carbonyl (C=O) groups is 1. The second-order valence-corrected chi connectivity index (χ2v) is 8.72. The van der Waals surface area contributed by atoms with E-state index in [1.165, 1.54) is 29.4 Å². The Bertz CT molecular complexity index is 997. The van der Waals surface area contributed by atoms with Crippen LogP contribution in [0.1, 0.15) is 19.3 Å². The molecule has 4 rings (SSSR count). The van der Waals surface area contributed by atoms with E-state index in [1.807, 2.05) is 4.90 Å². The first kappa shape index (κ1) is 21.7. The standard InChI is InChI=1S/C22H24F2N2O4S/c1-31(28)29-14-17-13-26(22(27)30-17)16-6-7-18(19(23)12-16)15-5-8-21(20(24)11-15)25-9-3-2-4-10-25/h5-8,11-12,17H,2-4,9-10,13-14H2,1H3/t17-,31?/m1/s1. The maximum atomic E-state index is 14.9. The zero-order chi connectivity index (χ0) is 22.0. The maximum Gasteiger partial charge on any atom is 0.414 e. The number of benzene rings is 2. The van der Waals surface area contributed by atoms with E-state index in [0.29, 0.717) is 16.9 Å². The van der Waals surface area contributed by atoms with E-state index in [2.05, 4.69) is 0 Å². The number of amides is 1. The number of ether oxygens (including phenoxy) is 1. The molecule has 1 unspecified atom stereocenters. The summed E-state index contributed by atoms with van der Waals surface area (Å²) in [7, 11) is 0. The van der Waals surface area contributed by atoms with Gasteiger partial charge in [-0.15, -0.1) is 0 Å². The molecule has 2 aliphatic heterocycles. The van der Waals surface area contributed by atoms with Crippen LogP contribution in [-0.2, 0) is 20.0 Å². The van der Waals surface area contributed by atoms with E-state index in [1.54, 1.807) is 18.2 Å². The van der Waals surface area contributed by atoms with Crippen LogP contribution in [0.3, 0.4) is 0 Å². The third kappa shape index (κ3) is 4.88. The minimum atomic E-state index is -1.47. The van der Waals surface area contributed by atoms with Gasteiger partial charge in [0, 0.05) is 24.9 Å². The van der Waals surface area contributed by atoms with Crippen LogP contribution in [0.15, 0.2) is 36.4 Å². The first-order valence-corrected chi connectivity index (χ1v) is 11.7. The SMILES string of the molecule is CS(=O)OC[C@H]1CN(c2ccc(-c3ccc(N4CCCCC4)c(F)c3)c(F)c2)C(=O)O1. The van der Waals surface area contributed by atoms with Crippen LogP contribution in [0.25, 0.3) is 11.1 Å². The Balaban J connectivity index is 1.51. The predicted octanol–water partition coefficient (Wildman–Crippen LogP) is 4.26. The second kappa shape index (κ2) is 9.32. The zero-order valence-electron chi connectivity index (χ0n) is 17.2.